The summed E-state index contributed by atoms with van der Waals surface area (Å²) in [6.07, 6.45) is 5.19. The zero-order chi connectivity index (χ0) is 16.0. The van der Waals surface area contributed by atoms with Crippen molar-refractivity contribution in [2.24, 2.45) is 7.05 Å². The summed E-state index contributed by atoms with van der Waals surface area (Å²) in [7, 11) is 1.75. The van der Waals surface area contributed by atoms with Gasteiger partial charge in [0.15, 0.2) is 5.82 Å². The number of nitrogens with zero attached hydrogens (tertiary/aromatic N) is 5. The maximum absolute atomic E-state index is 12.9. The van der Waals surface area contributed by atoms with Crippen molar-refractivity contribution in [3.8, 4) is 0 Å². The second-order valence-corrected chi connectivity index (χ2v) is 5.75. The molecular formula is C15H17N7O. The van der Waals surface area contributed by atoms with Crippen molar-refractivity contribution in [1.82, 2.24) is 29.6 Å². The van der Waals surface area contributed by atoms with Crippen molar-refractivity contribution < 1.29 is 4.79 Å². The Morgan fingerprint density at radius 3 is 3.13 bits per heavy atom. The molecule has 3 N–H and O–H groups in total. The van der Waals surface area contributed by atoms with Gasteiger partial charge in [-0.2, -0.15) is 10.1 Å². The number of aromatic amines is 1. The van der Waals surface area contributed by atoms with Gasteiger partial charge in [0.1, 0.15) is 5.65 Å². The summed E-state index contributed by atoms with van der Waals surface area (Å²) in [5, 5.41) is 5.25. The molecule has 118 valence electrons. The van der Waals surface area contributed by atoms with E-state index >= 15 is 0 Å². The van der Waals surface area contributed by atoms with E-state index < -0.39 is 0 Å². The molecule has 0 radical (unpaired) electrons. The molecule has 0 aliphatic carbocycles. The summed E-state index contributed by atoms with van der Waals surface area (Å²) in [6.45, 7) is 0.687. The highest BCUT2D eigenvalue weighted by Gasteiger charge is 2.33. The molecule has 1 aliphatic heterocycles. The van der Waals surface area contributed by atoms with E-state index in [-0.39, 0.29) is 11.9 Å². The third-order valence-corrected chi connectivity index (χ3v) is 4.27. The maximum Gasteiger partial charge on any atom is 0.256 e. The van der Waals surface area contributed by atoms with Gasteiger partial charge < -0.3 is 15.6 Å². The number of fused-ring (bicyclic) bond motifs is 1. The second-order valence-electron chi connectivity index (χ2n) is 5.75. The SMILES string of the molecule is Cn1nc(C2CCCN2C(=O)c2cnc3[nH]ccc3c2)nc1N. The average molecular weight is 311 g/mol. The zero-order valence-corrected chi connectivity index (χ0v) is 12.7. The molecule has 1 atom stereocenters. The normalized spacial score (nSPS) is 18.0. The highest BCUT2D eigenvalue weighted by molar-refractivity contribution is 5.97. The number of amides is 1. The molecule has 0 spiro atoms. The fourth-order valence-electron chi connectivity index (χ4n) is 3.06. The van der Waals surface area contributed by atoms with E-state index in [0.717, 1.165) is 23.9 Å². The number of likely N-dealkylation sites (tertiary alicyclic amines) is 1. The number of anilines is 1. The van der Waals surface area contributed by atoms with E-state index in [0.29, 0.717) is 23.9 Å². The van der Waals surface area contributed by atoms with Crippen molar-refractivity contribution in [3.63, 3.8) is 0 Å². The highest BCUT2D eigenvalue weighted by Crippen LogP contribution is 2.31. The predicted molar refractivity (Wildman–Crippen MR) is 84.5 cm³/mol. The van der Waals surface area contributed by atoms with Gasteiger partial charge in [-0.3, -0.25) is 4.79 Å². The molecule has 1 saturated heterocycles. The molecule has 23 heavy (non-hydrogen) atoms. The number of pyridine rings is 1. The van der Waals surface area contributed by atoms with Gasteiger partial charge in [-0.1, -0.05) is 0 Å². The number of hydrogen-bond acceptors (Lipinski definition) is 5. The molecule has 3 aromatic rings. The predicted octanol–water partition coefficient (Wildman–Crippen LogP) is 1.25. The van der Waals surface area contributed by atoms with Crippen molar-refractivity contribution >= 4 is 22.9 Å². The minimum atomic E-state index is -0.132. The first-order chi connectivity index (χ1) is 11.1. The van der Waals surface area contributed by atoms with Crippen LogP contribution in [0.1, 0.15) is 35.1 Å². The van der Waals surface area contributed by atoms with Crippen LogP contribution in [0.15, 0.2) is 24.5 Å². The quantitative estimate of drug-likeness (QED) is 0.741. The summed E-state index contributed by atoms with van der Waals surface area (Å²) in [4.78, 5) is 26.3. The molecule has 1 fully saturated rings. The lowest BCUT2D eigenvalue weighted by molar-refractivity contribution is 0.0729. The minimum Gasteiger partial charge on any atom is -0.368 e. The first-order valence-corrected chi connectivity index (χ1v) is 7.54. The Hall–Kier alpha value is -2.90. The number of H-pyrrole nitrogens is 1. The van der Waals surface area contributed by atoms with Crippen molar-refractivity contribution in [2.75, 3.05) is 12.3 Å². The molecule has 0 saturated carbocycles. The van der Waals surface area contributed by atoms with Crippen LogP contribution in [0.4, 0.5) is 5.95 Å². The number of carbonyl (C=O) groups is 1. The van der Waals surface area contributed by atoms with Crippen LogP contribution in [0.5, 0.6) is 0 Å². The topological polar surface area (TPSA) is 106 Å². The van der Waals surface area contributed by atoms with Crippen molar-refractivity contribution in [3.05, 3.63) is 35.9 Å². The van der Waals surface area contributed by atoms with Crippen LogP contribution in [0.2, 0.25) is 0 Å². The van der Waals surface area contributed by atoms with Gasteiger partial charge in [0, 0.05) is 31.4 Å². The van der Waals surface area contributed by atoms with Gasteiger partial charge in [-0.15, -0.1) is 0 Å². The minimum absolute atomic E-state index is 0.0471. The largest absolute Gasteiger partial charge is 0.368 e. The number of aromatic nitrogens is 5. The van der Waals surface area contributed by atoms with Crippen LogP contribution in [0, 0.1) is 0 Å². The molecular weight excluding hydrogens is 294 g/mol. The third-order valence-electron chi connectivity index (χ3n) is 4.27. The smallest absolute Gasteiger partial charge is 0.256 e. The van der Waals surface area contributed by atoms with E-state index in [1.165, 1.54) is 4.68 Å². The Morgan fingerprint density at radius 2 is 2.35 bits per heavy atom. The molecule has 3 aromatic heterocycles. The van der Waals surface area contributed by atoms with Gasteiger partial charge in [0.25, 0.3) is 5.91 Å². The van der Waals surface area contributed by atoms with Crippen LogP contribution in [0.3, 0.4) is 0 Å². The summed E-state index contributed by atoms with van der Waals surface area (Å²) >= 11 is 0. The standard InChI is InChI=1S/C15H17N7O/c1-21-15(16)19-13(20-21)11-3-2-6-22(11)14(23)10-7-9-4-5-17-12(9)18-8-10/h4-5,7-8,11H,2-3,6H2,1H3,(H,17,18)(H2,16,19,20). The van der Waals surface area contributed by atoms with E-state index in [4.69, 9.17) is 5.73 Å². The Labute approximate surface area is 132 Å². The second kappa shape index (κ2) is 5.08. The number of hydrogen-bond donors (Lipinski definition) is 2. The molecule has 8 nitrogen and oxygen atoms in total. The van der Waals surface area contributed by atoms with Gasteiger partial charge >= 0.3 is 0 Å². The number of nitrogens with two attached hydrogens (primary N) is 1. The van der Waals surface area contributed by atoms with Gasteiger partial charge in [0.2, 0.25) is 5.95 Å². The molecule has 4 rings (SSSR count). The molecule has 1 amide bonds. The lowest BCUT2D eigenvalue weighted by Gasteiger charge is -2.22. The number of carbonyl (C=O) groups excluding carboxylic acids is 1. The monoisotopic (exact) mass is 311 g/mol. The molecule has 1 aliphatic rings. The first-order valence-electron chi connectivity index (χ1n) is 7.54. The van der Waals surface area contributed by atoms with Gasteiger partial charge in [-0.05, 0) is 25.0 Å². The molecule has 0 bridgehead atoms. The van der Waals surface area contributed by atoms with Crippen LogP contribution in [-0.4, -0.2) is 42.1 Å². The average Bonchev–Trinajstić information content (AvgIpc) is 3.26. The third kappa shape index (κ3) is 2.23. The summed E-state index contributed by atoms with van der Waals surface area (Å²) in [5.41, 5.74) is 7.12. The number of nitrogens with one attached hydrogen (secondary N) is 1. The van der Waals surface area contributed by atoms with Crippen LogP contribution >= 0.6 is 0 Å². The van der Waals surface area contributed by atoms with Gasteiger partial charge in [-0.25, -0.2) is 9.67 Å². The molecule has 8 heteroatoms. The van der Waals surface area contributed by atoms with Gasteiger partial charge in [0.05, 0.1) is 11.6 Å². The molecule has 0 aromatic carbocycles. The van der Waals surface area contributed by atoms with Crippen LogP contribution < -0.4 is 5.73 Å². The van der Waals surface area contributed by atoms with Crippen LogP contribution in [0.25, 0.3) is 11.0 Å². The lowest BCUT2D eigenvalue weighted by Crippen LogP contribution is -2.31. The number of nitrogen functional groups attached to an aromatic ring is 1. The van der Waals surface area contributed by atoms with E-state index in [9.17, 15) is 4.79 Å². The Kier molecular flexibility index (Phi) is 3.03. The van der Waals surface area contributed by atoms with E-state index in [2.05, 4.69) is 20.1 Å². The first kappa shape index (κ1) is 13.7. The van der Waals surface area contributed by atoms with Crippen molar-refractivity contribution in [1.29, 1.82) is 0 Å². The Balaban J connectivity index is 1.66. The fourth-order valence-corrected chi connectivity index (χ4v) is 3.06. The van der Waals surface area contributed by atoms with Crippen LogP contribution in [-0.2, 0) is 7.05 Å². The number of aryl methyl sites for hydroxylation is 1. The maximum atomic E-state index is 12.9. The van der Waals surface area contributed by atoms with E-state index in [1.807, 2.05) is 23.2 Å². The number of rotatable bonds is 2. The Bertz CT molecular complexity index is 861. The lowest BCUT2D eigenvalue weighted by atomic mass is 10.1. The van der Waals surface area contributed by atoms with Crippen molar-refractivity contribution in [2.45, 2.75) is 18.9 Å². The summed E-state index contributed by atoms with van der Waals surface area (Å²) in [6, 6.07) is 3.63. The van der Waals surface area contributed by atoms with E-state index in [1.54, 1.807) is 13.2 Å². The summed E-state index contributed by atoms with van der Waals surface area (Å²) in [5.74, 6) is 0.912. The summed E-state index contributed by atoms with van der Waals surface area (Å²) < 4.78 is 1.53. The zero-order valence-electron chi connectivity index (χ0n) is 12.7. The Morgan fingerprint density at radius 1 is 1.48 bits per heavy atom. The molecule has 1 unspecified atom stereocenters. The molecule has 4 heterocycles. The fraction of sp³-hybridized carbons (Fsp3) is 0.333. The highest BCUT2D eigenvalue weighted by atomic mass is 16.2.